The summed E-state index contributed by atoms with van der Waals surface area (Å²) in [5.41, 5.74) is 1.62. The number of aliphatic hydroxyl groups is 1. The fraction of sp³-hybridized carbons (Fsp3) is 0.375. The molecule has 1 rings (SSSR count). The number of hydrogen-bond donors (Lipinski definition) is 2. The van der Waals surface area contributed by atoms with Crippen LogP contribution in [0.4, 0.5) is 0 Å². The van der Waals surface area contributed by atoms with E-state index in [1.54, 1.807) is 19.2 Å². The van der Waals surface area contributed by atoms with E-state index in [0.717, 1.165) is 11.3 Å². The van der Waals surface area contributed by atoms with Gasteiger partial charge in [-0.25, -0.2) is 0 Å². The number of nitrogens with one attached hydrogen (secondary N) is 1. The molecule has 0 aliphatic carbocycles. The van der Waals surface area contributed by atoms with Gasteiger partial charge in [0.05, 0.1) is 18.6 Å². The van der Waals surface area contributed by atoms with Crippen molar-refractivity contribution >= 4 is 0 Å². The van der Waals surface area contributed by atoms with Crippen LogP contribution in [0.25, 0.3) is 0 Å². The van der Waals surface area contributed by atoms with Crippen LogP contribution in [0.2, 0.25) is 0 Å². The molecule has 1 aromatic heterocycles. The summed E-state index contributed by atoms with van der Waals surface area (Å²) in [6, 6.07) is 3.81. The fourth-order valence-electron chi connectivity index (χ4n) is 1.04. The molecule has 11 heavy (non-hydrogen) atoms. The molecule has 0 spiro atoms. The van der Waals surface area contributed by atoms with E-state index in [1.165, 1.54) is 0 Å². The number of hydrogen-bond acceptors (Lipinski definition) is 2. The Labute approximate surface area is 65.3 Å². The molecular formula is C8H10N2O. The van der Waals surface area contributed by atoms with E-state index < -0.39 is 6.10 Å². The van der Waals surface area contributed by atoms with Gasteiger partial charge >= 0.3 is 0 Å². The molecule has 1 heterocycles. The lowest BCUT2D eigenvalue weighted by Crippen LogP contribution is -1.94. The van der Waals surface area contributed by atoms with Crippen molar-refractivity contribution in [3.05, 3.63) is 23.5 Å². The van der Waals surface area contributed by atoms with Gasteiger partial charge in [-0.15, -0.1) is 0 Å². The number of nitriles is 1. The molecule has 0 saturated heterocycles. The Bertz CT molecular complexity index is 270. The third-order valence-corrected chi connectivity index (χ3v) is 1.57. The Kier molecular flexibility index (Phi) is 2.29. The molecule has 0 bridgehead atoms. The van der Waals surface area contributed by atoms with Gasteiger partial charge in [-0.1, -0.05) is 0 Å². The topological polar surface area (TPSA) is 59.8 Å². The second kappa shape index (κ2) is 3.22. The van der Waals surface area contributed by atoms with E-state index in [1.807, 2.05) is 6.07 Å². The van der Waals surface area contributed by atoms with Gasteiger partial charge < -0.3 is 10.1 Å². The SMILES string of the molecule is CC(O)c1cc[nH]c1CC#N. The Morgan fingerprint density at radius 2 is 2.55 bits per heavy atom. The number of aliphatic hydroxyl groups excluding tert-OH is 1. The van der Waals surface area contributed by atoms with E-state index in [9.17, 15) is 5.11 Å². The van der Waals surface area contributed by atoms with Crippen LogP contribution < -0.4 is 0 Å². The molecule has 1 aromatic rings. The molecule has 0 saturated carbocycles. The van der Waals surface area contributed by atoms with Gasteiger partial charge in [0.25, 0.3) is 0 Å². The zero-order valence-corrected chi connectivity index (χ0v) is 6.33. The van der Waals surface area contributed by atoms with Gasteiger partial charge in [-0.05, 0) is 13.0 Å². The number of H-pyrrole nitrogens is 1. The minimum Gasteiger partial charge on any atom is -0.389 e. The lowest BCUT2D eigenvalue weighted by Gasteiger charge is -2.02. The zero-order valence-electron chi connectivity index (χ0n) is 6.33. The van der Waals surface area contributed by atoms with Gasteiger partial charge in [0.1, 0.15) is 0 Å². The first kappa shape index (κ1) is 7.83. The molecule has 0 amide bonds. The first-order valence-corrected chi connectivity index (χ1v) is 3.47. The van der Waals surface area contributed by atoms with Gasteiger partial charge in [0.15, 0.2) is 0 Å². The van der Waals surface area contributed by atoms with Crippen LogP contribution in [-0.4, -0.2) is 10.1 Å². The van der Waals surface area contributed by atoms with Crippen molar-refractivity contribution in [1.29, 1.82) is 5.26 Å². The van der Waals surface area contributed by atoms with Crippen molar-refractivity contribution < 1.29 is 5.11 Å². The maximum Gasteiger partial charge on any atom is 0.0779 e. The highest BCUT2D eigenvalue weighted by atomic mass is 16.3. The molecule has 3 nitrogen and oxygen atoms in total. The average Bonchev–Trinajstić information content (AvgIpc) is 2.36. The predicted octanol–water partition coefficient (Wildman–Crippen LogP) is 1.13. The Morgan fingerprint density at radius 1 is 1.82 bits per heavy atom. The van der Waals surface area contributed by atoms with Crippen LogP contribution in [0, 0.1) is 11.3 Å². The van der Waals surface area contributed by atoms with Crippen molar-refractivity contribution in [2.75, 3.05) is 0 Å². The van der Waals surface area contributed by atoms with Crippen LogP contribution >= 0.6 is 0 Å². The zero-order chi connectivity index (χ0) is 8.27. The Hall–Kier alpha value is -1.27. The fourth-order valence-corrected chi connectivity index (χ4v) is 1.04. The number of aromatic nitrogens is 1. The summed E-state index contributed by atoms with van der Waals surface area (Å²) < 4.78 is 0. The molecule has 0 fully saturated rings. The molecule has 58 valence electrons. The molecule has 0 aromatic carbocycles. The first-order chi connectivity index (χ1) is 5.25. The maximum absolute atomic E-state index is 9.19. The molecule has 1 atom stereocenters. The first-order valence-electron chi connectivity index (χ1n) is 3.47. The van der Waals surface area contributed by atoms with Crippen LogP contribution in [0.5, 0.6) is 0 Å². The van der Waals surface area contributed by atoms with Crippen molar-refractivity contribution in [3.8, 4) is 6.07 Å². The van der Waals surface area contributed by atoms with Crippen molar-refractivity contribution in [2.24, 2.45) is 0 Å². The Morgan fingerprint density at radius 3 is 3.09 bits per heavy atom. The second-order valence-corrected chi connectivity index (χ2v) is 2.42. The average molecular weight is 150 g/mol. The number of nitrogens with zero attached hydrogens (tertiary/aromatic N) is 1. The standard InChI is InChI=1S/C8H10N2O/c1-6(11)7-3-5-10-8(7)2-4-9/h3,5-6,10-11H,2H2,1H3. The molecule has 1 unspecified atom stereocenters. The number of rotatable bonds is 2. The molecular weight excluding hydrogens is 140 g/mol. The summed E-state index contributed by atoms with van der Waals surface area (Å²) in [6.45, 7) is 1.68. The Balaban J connectivity index is 2.89. The van der Waals surface area contributed by atoms with Crippen molar-refractivity contribution in [3.63, 3.8) is 0 Å². The highest BCUT2D eigenvalue weighted by molar-refractivity contribution is 5.24. The van der Waals surface area contributed by atoms with E-state index >= 15 is 0 Å². The number of aromatic amines is 1. The normalized spacial score (nSPS) is 12.5. The molecule has 0 aliphatic heterocycles. The molecule has 0 radical (unpaired) electrons. The second-order valence-electron chi connectivity index (χ2n) is 2.42. The maximum atomic E-state index is 9.19. The highest BCUT2D eigenvalue weighted by Gasteiger charge is 2.07. The van der Waals surface area contributed by atoms with E-state index in [-0.39, 0.29) is 0 Å². The summed E-state index contributed by atoms with van der Waals surface area (Å²) in [4.78, 5) is 2.91. The largest absolute Gasteiger partial charge is 0.389 e. The van der Waals surface area contributed by atoms with Crippen LogP contribution in [-0.2, 0) is 6.42 Å². The summed E-state index contributed by atoms with van der Waals surface area (Å²) in [5, 5.41) is 17.6. The van der Waals surface area contributed by atoms with Crippen LogP contribution in [0.15, 0.2) is 12.3 Å². The third kappa shape index (κ3) is 1.60. The molecule has 3 heteroatoms. The van der Waals surface area contributed by atoms with E-state index in [4.69, 9.17) is 5.26 Å². The van der Waals surface area contributed by atoms with Crippen LogP contribution in [0.1, 0.15) is 24.3 Å². The smallest absolute Gasteiger partial charge is 0.0779 e. The summed E-state index contributed by atoms with van der Waals surface area (Å²) in [5.74, 6) is 0. The predicted molar refractivity (Wildman–Crippen MR) is 40.7 cm³/mol. The monoisotopic (exact) mass is 150 g/mol. The highest BCUT2D eigenvalue weighted by Crippen LogP contribution is 2.15. The van der Waals surface area contributed by atoms with E-state index in [0.29, 0.717) is 6.42 Å². The minimum absolute atomic E-state index is 0.327. The molecule has 2 N–H and O–H groups in total. The van der Waals surface area contributed by atoms with Crippen molar-refractivity contribution in [1.82, 2.24) is 4.98 Å². The summed E-state index contributed by atoms with van der Waals surface area (Å²) >= 11 is 0. The van der Waals surface area contributed by atoms with Gasteiger partial charge in [-0.3, -0.25) is 0 Å². The summed E-state index contributed by atoms with van der Waals surface area (Å²) in [6.07, 6.45) is 1.56. The lowest BCUT2D eigenvalue weighted by molar-refractivity contribution is 0.198. The van der Waals surface area contributed by atoms with E-state index in [2.05, 4.69) is 4.98 Å². The van der Waals surface area contributed by atoms with Gasteiger partial charge in [-0.2, -0.15) is 5.26 Å². The van der Waals surface area contributed by atoms with Gasteiger partial charge in [0.2, 0.25) is 0 Å². The van der Waals surface area contributed by atoms with Crippen LogP contribution in [0.3, 0.4) is 0 Å². The quantitative estimate of drug-likeness (QED) is 0.664. The molecule has 0 aliphatic rings. The third-order valence-electron chi connectivity index (χ3n) is 1.57. The minimum atomic E-state index is -0.496. The van der Waals surface area contributed by atoms with Crippen molar-refractivity contribution in [2.45, 2.75) is 19.4 Å². The van der Waals surface area contributed by atoms with Gasteiger partial charge in [0, 0.05) is 17.5 Å². The summed E-state index contributed by atoms with van der Waals surface area (Å²) in [7, 11) is 0. The lowest BCUT2D eigenvalue weighted by atomic mass is 10.1.